The van der Waals surface area contributed by atoms with E-state index in [2.05, 4.69) is 10.2 Å². The zero-order valence-corrected chi connectivity index (χ0v) is 17.4. The van der Waals surface area contributed by atoms with E-state index in [1.54, 1.807) is 4.90 Å². The number of nitrogens with zero attached hydrogens (tertiary/aromatic N) is 3. The number of amides is 1. The minimum absolute atomic E-state index is 0.0228. The SMILES string of the molecule is Cc1cccc(-c2nnc(SCC(=O)N(Cc3ccccc3)c3ccccc3)o2)c1. The Kier molecular flexibility index (Phi) is 6.25. The van der Waals surface area contributed by atoms with E-state index in [4.69, 9.17) is 4.42 Å². The highest BCUT2D eigenvalue weighted by molar-refractivity contribution is 7.99. The van der Waals surface area contributed by atoms with Crippen molar-refractivity contribution in [3.05, 3.63) is 96.1 Å². The number of hydrogen-bond donors (Lipinski definition) is 0. The van der Waals surface area contributed by atoms with Gasteiger partial charge in [-0.1, -0.05) is 78.0 Å². The number of benzene rings is 3. The Morgan fingerprint density at radius 3 is 2.40 bits per heavy atom. The predicted molar refractivity (Wildman–Crippen MR) is 119 cm³/mol. The van der Waals surface area contributed by atoms with Crippen molar-refractivity contribution in [2.75, 3.05) is 10.7 Å². The number of hydrogen-bond acceptors (Lipinski definition) is 5. The molecule has 3 aromatic carbocycles. The van der Waals surface area contributed by atoms with E-state index in [1.807, 2.05) is 91.9 Å². The highest BCUT2D eigenvalue weighted by Crippen LogP contribution is 2.25. The molecule has 30 heavy (non-hydrogen) atoms. The van der Waals surface area contributed by atoms with Gasteiger partial charge in [0.1, 0.15) is 0 Å². The largest absolute Gasteiger partial charge is 0.411 e. The molecule has 4 aromatic rings. The van der Waals surface area contributed by atoms with Crippen LogP contribution in [0.25, 0.3) is 11.5 Å². The number of thioether (sulfide) groups is 1. The van der Waals surface area contributed by atoms with Crippen LogP contribution >= 0.6 is 11.8 Å². The standard InChI is InChI=1S/C24H21N3O2S/c1-18-9-8-12-20(15-18)23-25-26-24(29-23)30-17-22(28)27(21-13-6-3-7-14-21)16-19-10-4-2-5-11-19/h2-15H,16-17H2,1H3. The van der Waals surface area contributed by atoms with Crippen LogP contribution in [0, 0.1) is 6.92 Å². The van der Waals surface area contributed by atoms with Gasteiger partial charge in [0.25, 0.3) is 5.22 Å². The van der Waals surface area contributed by atoms with Crippen molar-refractivity contribution in [1.29, 1.82) is 0 Å². The fourth-order valence-electron chi connectivity index (χ4n) is 3.06. The van der Waals surface area contributed by atoms with E-state index in [9.17, 15) is 4.79 Å². The van der Waals surface area contributed by atoms with Crippen molar-refractivity contribution in [3.63, 3.8) is 0 Å². The van der Waals surface area contributed by atoms with Gasteiger partial charge in [-0.15, -0.1) is 10.2 Å². The lowest BCUT2D eigenvalue weighted by Gasteiger charge is -2.22. The van der Waals surface area contributed by atoms with Gasteiger partial charge in [0.2, 0.25) is 11.8 Å². The molecule has 1 amide bonds. The summed E-state index contributed by atoms with van der Waals surface area (Å²) in [5.41, 5.74) is 3.92. The van der Waals surface area contributed by atoms with Crippen molar-refractivity contribution >= 4 is 23.4 Å². The minimum Gasteiger partial charge on any atom is -0.411 e. The quantitative estimate of drug-likeness (QED) is 0.380. The molecule has 150 valence electrons. The van der Waals surface area contributed by atoms with E-state index in [1.165, 1.54) is 11.8 Å². The first-order valence-corrected chi connectivity index (χ1v) is 10.6. The van der Waals surface area contributed by atoms with Crippen LogP contribution in [0.2, 0.25) is 0 Å². The van der Waals surface area contributed by atoms with Crippen LogP contribution in [0.15, 0.2) is 94.6 Å². The molecule has 0 unspecified atom stereocenters. The molecule has 0 N–H and O–H groups in total. The Labute approximate surface area is 179 Å². The van der Waals surface area contributed by atoms with Gasteiger partial charge < -0.3 is 9.32 Å². The third kappa shape index (κ3) is 4.96. The maximum absolute atomic E-state index is 13.1. The molecule has 0 aliphatic rings. The lowest BCUT2D eigenvalue weighted by molar-refractivity contribution is -0.116. The van der Waals surface area contributed by atoms with E-state index in [0.29, 0.717) is 17.7 Å². The Morgan fingerprint density at radius 2 is 1.67 bits per heavy atom. The molecular weight excluding hydrogens is 394 g/mol. The van der Waals surface area contributed by atoms with E-state index in [0.717, 1.165) is 22.4 Å². The molecule has 0 saturated carbocycles. The molecule has 1 aromatic heterocycles. The van der Waals surface area contributed by atoms with E-state index >= 15 is 0 Å². The average Bonchev–Trinajstić information content (AvgIpc) is 3.26. The number of aryl methyl sites for hydroxylation is 1. The fraction of sp³-hybridized carbons (Fsp3) is 0.125. The zero-order chi connectivity index (χ0) is 20.8. The lowest BCUT2D eigenvalue weighted by atomic mass is 10.1. The van der Waals surface area contributed by atoms with Crippen LogP contribution in [-0.4, -0.2) is 21.9 Å². The maximum atomic E-state index is 13.1. The summed E-state index contributed by atoms with van der Waals surface area (Å²) in [6.07, 6.45) is 0. The summed E-state index contributed by atoms with van der Waals surface area (Å²) in [5, 5.41) is 8.58. The molecule has 1 heterocycles. The highest BCUT2D eigenvalue weighted by Gasteiger charge is 2.18. The van der Waals surface area contributed by atoms with Crippen molar-refractivity contribution in [2.24, 2.45) is 0 Å². The molecule has 6 heteroatoms. The van der Waals surface area contributed by atoms with Gasteiger partial charge in [0.15, 0.2) is 0 Å². The molecule has 0 radical (unpaired) electrons. The smallest absolute Gasteiger partial charge is 0.277 e. The van der Waals surface area contributed by atoms with E-state index < -0.39 is 0 Å². The van der Waals surface area contributed by atoms with Crippen molar-refractivity contribution in [2.45, 2.75) is 18.7 Å². The Balaban J connectivity index is 1.46. The summed E-state index contributed by atoms with van der Waals surface area (Å²) in [5.74, 6) is 0.639. The average molecular weight is 416 g/mol. The van der Waals surface area contributed by atoms with Crippen LogP contribution in [0.5, 0.6) is 0 Å². The molecule has 0 aliphatic heterocycles. The molecule has 0 bridgehead atoms. The summed E-state index contributed by atoms with van der Waals surface area (Å²) in [6.45, 7) is 2.52. The first-order valence-electron chi connectivity index (χ1n) is 9.62. The van der Waals surface area contributed by atoms with Gasteiger partial charge in [0.05, 0.1) is 12.3 Å². The van der Waals surface area contributed by atoms with Gasteiger partial charge in [-0.05, 0) is 36.8 Å². The van der Waals surface area contributed by atoms with Crippen LogP contribution in [0.3, 0.4) is 0 Å². The van der Waals surface area contributed by atoms with Gasteiger partial charge in [-0.3, -0.25) is 4.79 Å². The third-order valence-corrected chi connectivity index (χ3v) is 5.35. The minimum atomic E-state index is -0.0228. The first-order chi connectivity index (χ1) is 14.7. The second-order valence-electron chi connectivity index (χ2n) is 6.83. The zero-order valence-electron chi connectivity index (χ0n) is 16.6. The number of carbonyl (C=O) groups excluding carboxylic acids is 1. The summed E-state index contributed by atoms with van der Waals surface area (Å²) < 4.78 is 5.75. The molecule has 5 nitrogen and oxygen atoms in total. The summed E-state index contributed by atoms with van der Waals surface area (Å²) in [6, 6.07) is 27.5. The number of carbonyl (C=O) groups is 1. The number of aromatic nitrogens is 2. The van der Waals surface area contributed by atoms with Gasteiger partial charge in [-0.25, -0.2) is 0 Å². The Hall–Kier alpha value is -3.38. The van der Waals surface area contributed by atoms with Gasteiger partial charge in [-0.2, -0.15) is 0 Å². The topological polar surface area (TPSA) is 59.2 Å². The molecule has 0 atom stereocenters. The molecule has 0 spiro atoms. The summed E-state index contributed by atoms with van der Waals surface area (Å²) in [7, 11) is 0. The second kappa shape index (κ2) is 9.41. The summed E-state index contributed by atoms with van der Waals surface area (Å²) in [4.78, 5) is 14.8. The maximum Gasteiger partial charge on any atom is 0.277 e. The fourth-order valence-corrected chi connectivity index (χ4v) is 3.70. The molecule has 0 aliphatic carbocycles. The monoisotopic (exact) mass is 415 g/mol. The molecule has 0 saturated heterocycles. The van der Waals surface area contributed by atoms with Crippen LogP contribution in [-0.2, 0) is 11.3 Å². The highest BCUT2D eigenvalue weighted by atomic mass is 32.2. The molecule has 4 rings (SSSR count). The van der Waals surface area contributed by atoms with Gasteiger partial charge in [0, 0.05) is 11.3 Å². The number of rotatable bonds is 7. The third-order valence-electron chi connectivity index (χ3n) is 4.54. The molecule has 0 fully saturated rings. The first kappa shape index (κ1) is 19.9. The van der Waals surface area contributed by atoms with Crippen LogP contribution < -0.4 is 4.90 Å². The van der Waals surface area contributed by atoms with Crippen LogP contribution in [0.4, 0.5) is 5.69 Å². The van der Waals surface area contributed by atoms with Crippen molar-refractivity contribution in [1.82, 2.24) is 10.2 Å². The summed E-state index contributed by atoms with van der Waals surface area (Å²) >= 11 is 1.25. The predicted octanol–water partition coefficient (Wildman–Crippen LogP) is 5.37. The Bertz CT molecular complexity index is 1110. The van der Waals surface area contributed by atoms with Crippen LogP contribution in [0.1, 0.15) is 11.1 Å². The second-order valence-corrected chi connectivity index (χ2v) is 7.76. The molecular formula is C24H21N3O2S. The van der Waals surface area contributed by atoms with Crippen molar-refractivity contribution < 1.29 is 9.21 Å². The number of para-hydroxylation sites is 1. The number of anilines is 1. The van der Waals surface area contributed by atoms with Crippen molar-refractivity contribution in [3.8, 4) is 11.5 Å². The van der Waals surface area contributed by atoms with E-state index in [-0.39, 0.29) is 11.7 Å². The lowest BCUT2D eigenvalue weighted by Crippen LogP contribution is -2.31. The normalized spacial score (nSPS) is 10.7. The van der Waals surface area contributed by atoms with Gasteiger partial charge >= 0.3 is 0 Å². The Morgan fingerprint density at radius 1 is 0.933 bits per heavy atom.